The molecule has 1 aliphatic heterocycles. The summed E-state index contributed by atoms with van der Waals surface area (Å²) in [4.78, 5) is 6.77. The first kappa shape index (κ1) is 17.4. The van der Waals surface area contributed by atoms with E-state index in [-0.39, 0.29) is 12.4 Å². The second kappa shape index (κ2) is 6.41. The van der Waals surface area contributed by atoms with Gasteiger partial charge in [-0.2, -0.15) is 4.98 Å². The molecule has 5 nitrogen and oxygen atoms in total. The van der Waals surface area contributed by atoms with Crippen LogP contribution in [0.1, 0.15) is 58.7 Å². The number of hydrogen-bond acceptors (Lipinski definition) is 5. The number of hydrogen-bond donors (Lipinski definition) is 1. The van der Waals surface area contributed by atoms with Gasteiger partial charge in [-0.3, -0.25) is 4.90 Å². The standard InChI is InChI=1S/C14H26N4O.ClH/c1-5-14(4)6-8-18(9-7-14)10-11-16-12(17-19-11)13(2,3)15;/h5-10,15H2,1-4H3;1H. The molecule has 0 unspecified atom stereocenters. The lowest BCUT2D eigenvalue weighted by molar-refractivity contribution is 0.100. The van der Waals surface area contributed by atoms with Gasteiger partial charge in [-0.25, -0.2) is 0 Å². The molecule has 1 aromatic rings. The molecule has 1 saturated heterocycles. The molecular formula is C14H27ClN4O. The summed E-state index contributed by atoms with van der Waals surface area (Å²) < 4.78 is 5.29. The van der Waals surface area contributed by atoms with Crippen LogP contribution < -0.4 is 5.73 Å². The molecule has 20 heavy (non-hydrogen) atoms. The Morgan fingerprint density at radius 1 is 1.35 bits per heavy atom. The van der Waals surface area contributed by atoms with E-state index in [2.05, 4.69) is 28.9 Å². The second-order valence-corrected chi connectivity index (χ2v) is 6.67. The summed E-state index contributed by atoms with van der Waals surface area (Å²) in [6, 6.07) is 0. The van der Waals surface area contributed by atoms with Crippen molar-refractivity contribution in [3.63, 3.8) is 0 Å². The van der Waals surface area contributed by atoms with Gasteiger partial charge in [-0.05, 0) is 45.2 Å². The van der Waals surface area contributed by atoms with E-state index in [4.69, 9.17) is 10.3 Å². The zero-order valence-corrected chi connectivity index (χ0v) is 13.8. The van der Waals surface area contributed by atoms with Crippen LogP contribution in [0.3, 0.4) is 0 Å². The van der Waals surface area contributed by atoms with Gasteiger partial charge in [-0.15, -0.1) is 12.4 Å². The Kier molecular flexibility index (Phi) is 5.58. The zero-order valence-electron chi connectivity index (χ0n) is 13.0. The molecule has 0 radical (unpaired) electrons. The van der Waals surface area contributed by atoms with Gasteiger partial charge in [0, 0.05) is 0 Å². The monoisotopic (exact) mass is 302 g/mol. The molecule has 0 atom stereocenters. The maximum atomic E-state index is 5.96. The van der Waals surface area contributed by atoms with Crippen molar-refractivity contribution in [3.05, 3.63) is 11.7 Å². The number of nitrogens with zero attached hydrogens (tertiary/aromatic N) is 3. The molecule has 2 heterocycles. The van der Waals surface area contributed by atoms with E-state index in [1.54, 1.807) is 0 Å². The molecule has 0 aliphatic carbocycles. The fourth-order valence-corrected chi connectivity index (χ4v) is 2.38. The van der Waals surface area contributed by atoms with Crippen molar-refractivity contribution < 1.29 is 4.52 Å². The number of likely N-dealkylation sites (tertiary alicyclic amines) is 1. The molecule has 1 fully saturated rings. The third-order valence-corrected chi connectivity index (χ3v) is 4.32. The highest BCUT2D eigenvalue weighted by atomic mass is 35.5. The zero-order chi connectivity index (χ0) is 14.1. The topological polar surface area (TPSA) is 68.2 Å². The van der Waals surface area contributed by atoms with Crippen LogP contribution in [0.15, 0.2) is 4.52 Å². The van der Waals surface area contributed by atoms with E-state index >= 15 is 0 Å². The summed E-state index contributed by atoms with van der Waals surface area (Å²) in [5.74, 6) is 1.26. The number of piperidine rings is 1. The molecule has 116 valence electrons. The van der Waals surface area contributed by atoms with Crippen molar-refractivity contribution in [3.8, 4) is 0 Å². The van der Waals surface area contributed by atoms with E-state index in [0.29, 0.717) is 17.1 Å². The van der Waals surface area contributed by atoms with Crippen molar-refractivity contribution in [2.45, 2.75) is 59.0 Å². The maximum absolute atomic E-state index is 5.96. The predicted octanol–water partition coefficient (Wildman–Crippen LogP) is 2.70. The van der Waals surface area contributed by atoms with Gasteiger partial charge >= 0.3 is 0 Å². The average Bonchev–Trinajstić information content (AvgIpc) is 2.81. The predicted molar refractivity (Wildman–Crippen MR) is 81.7 cm³/mol. The number of rotatable bonds is 4. The van der Waals surface area contributed by atoms with Crippen molar-refractivity contribution in [1.29, 1.82) is 0 Å². The summed E-state index contributed by atoms with van der Waals surface area (Å²) >= 11 is 0. The largest absolute Gasteiger partial charge is 0.338 e. The molecule has 0 saturated carbocycles. The van der Waals surface area contributed by atoms with Crippen LogP contribution in [-0.4, -0.2) is 28.1 Å². The Morgan fingerprint density at radius 3 is 2.40 bits per heavy atom. The summed E-state index contributed by atoms with van der Waals surface area (Å²) in [7, 11) is 0. The number of halogens is 1. The summed E-state index contributed by atoms with van der Waals surface area (Å²) in [6.07, 6.45) is 3.74. The Hall–Kier alpha value is -0.650. The van der Waals surface area contributed by atoms with Crippen molar-refractivity contribution in [1.82, 2.24) is 15.0 Å². The van der Waals surface area contributed by atoms with Gasteiger partial charge in [0.05, 0.1) is 12.1 Å². The minimum atomic E-state index is -0.537. The lowest BCUT2D eigenvalue weighted by atomic mass is 9.78. The highest BCUT2D eigenvalue weighted by molar-refractivity contribution is 5.85. The first-order valence-electron chi connectivity index (χ1n) is 7.17. The molecule has 0 amide bonds. The molecule has 0 aromatic carbocycles. The Labute approximate surface area is 127 Å². The van der Waals surface area contributed by atoms with Gasteiger partial charge in [0.2, 0.25) is 5.89 Å². The van der Waals surface area contributed by atoms with Crippen LogP contribution in [0.4, 0.5) is 0 Å². The molecule has 1 aliphatic rings. The lowest BCUT2D eigenvalue weighted by Gasteiger charge is -2.38. The molecular weight excluding hydrogens is 276 g/mol. The van der Waals surface area contributed by atoms with Crippen molar-refractivity contribution in [2.24, 2.45) is 11.1 Å². The molecule has 6 heteroatoms. The molecule has 1 aromatic heterocycles. The van der Waals surface area contributed by atoms with E-state index < -0.39 is 5.54 Å². The fraction of sp³-hybridized carbons (Fsp3) is 0.857. The van der Waals surface area contributed by atoms with Crippen molar-refractivity contribution in [2.75, 3.05) is 13.1 Å². The van der Waals surface area contributed by atoms with Crippen molar-refractivity contribution >= 4 is 12.4 Å². The second-order valence-electron chi connectivity index (χ2n) is 6.67. The maximum Gasteiger partial charge on any atom is 0.240 e. The Balaban J connectivity index is 0.00000200. The quantitative estimate of drug-likeness (QED) is 0.926. The minimum absolute atomic E-state index is 0. The number of aromatic nitrogens is 2. The van der Waals surface area contributed by atoms with Gasteiger partial charge in [0.15, 0.2) is 5.82 Å². The summed E-state index contributed by atoms with van der Waals surface area (Å²) in [6.45, 7) is 11.4. The molecule has 2 N–H and O–H groups in total. The first-order valence-corrected chi connectivity index (χ1v) is 7.17. The van der Waals surface area contributed by atoms with Crippen LogP contribution in [0.2, 0.25) is 0 Å². The van der Waals surface area contributed by atoms with Crippen LogP contribution in [0.5, 0.6) is 0 Å². The number of nitrogens with two attached hydrogens (primary N) is 1. The molecule has 2 rings (SSSR count). The van der Waals surface area contributed by atoms with E-state index in [0.717, 1.165) is 19.6 Å². The SMILES string of the molecule is CCC1(C)CCN(Cc2nc(C(C)(C)N)no2)CC1.Cl. The molecule has 0 bridgehead atoms. The third kappa shape index (κ3) is 4.17. The Morgan fingerprint density at radius 2 is 1.95 bits per heavy atom. The van der Waals surface area contributed by atoms with Crippen LogP contribution in [0.25, 0.3) is 0 Å². The van der Waals surface area contributed by atoms with Gasteiger partial charge < -0.3 is 10.3 Å². The summed E-state index contributed by atoms with van der Waals surface area (Å²) in [5.41, 5.74) is 5.93. The third-order valence-electron chi connectivity index (χ3n) is 4.32. The Bertz CT molecular complexity index is 419. The van der Waals surface area contributed by atoms with Crippen LogP contribution >= 0.6 is 12.4 Å². The summed E-state index contributed by atoms with van der Waals surface area (Å²) in [5, 5.41) is 3.96. The highest BCUT2D eigenvalue weighted by Gasteiger charge is 2.29. The normalized spacial score (nSPS) is 19.6. The van der Waals surface area contributed by atoms with Crippen LogP contribution in [-0.2, 0) is 12.1 Å². The van der Waals surface area contributed by atoms with E-state index in [1.165, 1.54) is 19.3 Å². The minimum Gasteiger partial charge on any atom is -0.338 e. The fourth-order valence-electron chi connectivity index (χ4n) is 2.38. The average molecular weight is 303 g/mol. The highest BCUT2D eigenvalue weighted by Crippen LogP contribution is 2.34. The van der Waals surface area contributed by atoms with Gasteiger partial charge in [-0.1, -0.05) is 25.4 Å². The lowest BCUT2D eigenvalue weighted by Crippen LogP contribution is -2.38. The smallest absolute Gasteiger partial charge is 0.240 e. The van der Waals surface area contributed by atoms with Gasteiger partial charge in [0.25, 0.3) is 0 Å². The van der Waals surface area contributed by atoms with E-state index in [9.17, 15) is 0 Å². The molecule has 0 spiro atoms. The first-order chi connectivity index (χ1) is 8.82. The van der Waals surface area contributed by atoms with E-state index in [1.807, 2.05) is 13.8 Å². The van der Waals surface area contributed by atoms with Crippen LogP contribution in [0, 0.1) is 5.41 Å². The van der Waals surface area contributed by atoms with Gasteiger partial charge in [0.1, 0.15) is 0 Å².